The summed E-state index contributed by atoms with van der Waals surface area (Å²) in [4.78, 5) is 3.99. The number of rotatable bonds is 6. The van der Waals surface area contributed by atoms with Gasteiger partial charge in [0.1, 0.15) is 0 Å². The van der Waals surface area contributed by atoms with Crippen LogP contribution in [0.15, 0.2) is 181 Å². The number of allylic oxidation sites excluding steroid dienone is 3. The van der Waals surface area contributed by atoms with Gasteiger partial charge in [0, 0.05) is 31.9 Å². The second-order valence-corrected chi connectivity index (χ2v) is 19.4. The Morgan fingerprint density at radius 1 is 0.593 bits per heavy atom. The minimum Gasteiger partial charge on any atom is -0.309 e. The van der Waals surface area contributed by atoms with Crippen LogP contribution in [0, 0.1) is 18.8 Å². The lowest BCUT2D eigenvalue weighted by molar-refractivity contribution is 0.327. The number of anilines is 3. The van der Waals surface area contributed by atoms with Crippen molar-refractivity contribution in [3.05, 3.63) is 198 Å². The fraction of sp³-hybridized carbons (Fsp3) is 0.193. The van der Waals surface area contributed by atoms with E-state index in [4.69, 9.17) is 0 Å². The predicted molar refractivity (Wildman–Crippen MR) is 250 cm³/mol. The van der Waals surface area contributed by atoms with Crippen molar-refractivity contribution in [3.8, 4) is 44.5 Å². The Hall–Kier alpha value is -5.83. The van der Waals surface area contributed by atoms with Crippen LogP contribution in [-0.2, 0) is 5.41 Å². The van der Waals surface area contributed by atoms with Gasteiger partial charge in [0.25, 0.3) is 0 Å². The van der Waals surface area contributed by atoms with E-state index < -0.39 is 0 Å². The van der Waals surface area contributed by atoms with Gasteiger partial charge < -0.3 is 4.90 Å². The zero-order valence-electron chi connectivity index (χ0n) is 33.8. The summed E-state index contributed by atoms with van der Waals surface area (Å²) in [6, 6.07) is 60.1. The molecule has 2 heteroatoms. The first-order chi connectivity index (χ1) is 29.0. The maximum atomic E-state index is 2.62. The second kappa shape index (κ2) is 13.3. The number of aryl methyl sites for hydroxylation is 1. The Bertz CT molecular complexity index is 2900. The molecule has 4 unspecified atom stereocenters. The van der Waals surface area contributed by atoms with Crippen LogP contribution in [0.4, 0.5) is 17.1 Å². The number of thioether (sulfide) groups is 1. The van der Waals surface area contributed by atoms with Crippen LogP contribution in [0.25, 0.3) is 50.1 Å². The summed E-state index contributed by atoms with van der Waals surface area (Å²) in [5, 5.41) is 0. The van der Waals surface area contributed by atoms with Gasteiger partial charge in [-0.05, 0) is 131 Å². The van der Waals surface area contributed by atoms with Crippen LogP contribution in [0.2, 0.25) is 0 Å². The lowest BCUT2D eigenvalue weighted by Gasteiger charge is -2.37. The van der Waals surface area contributed by atoms with Gasteiger partial charge in [0.15, 0.2) is 0 Å². The molecule has 2 fully saturated rings. The molecule has 0 aromatic heterocycles. The van der Waals surface area contributed by atoms with Crippen molar-refractivity contribution in [2.24, 2.45) is 11.8 Å². The predicted octanol–water partition coefficient (Wildman–Crippen LogP) is 15.8. The summed E-state index contributed by atoms with van der Waals surface area (Å²) in [6.45, 7) is 4.62. The number of hydrogen-bond donors (Lipinski definition) is 0. The largest absolute Gasteiger partial charge is 0.309 e. The Kier molecular flexibility index (Phi) is 7.95. The first kappa shape index (κ1) is 35.1. The number of para-hydroxylation sites is 1. The van der Waals surface area contributed by atoms with Crippen LogP contribution in [0.5, 0.6) is 0 Å². The van der Waals surface area contributed by atoms with Gasteiger partial charge in [-0.15, -0.1) is 11.8 Å². The zero-order valence-corrected chi connectivity index (χ0v) is 34.6. The summed E-state index contributed by atoms with van der Waals surface area (Å²) < 4.78 is 0.0585. The molecule has 2 bridgehead atoms. The van der Waals surface area contributed by atoms with Crippen molar-refractivity contribution in [2.75, 3.05) is 4.90 Å². The maximum Gasteiger partial charge on any atom is 0.0543 e. The van der Waals surface area contributed by atoms with E-state index in [2.05, 4.69) is 195 Å². The SMILES string of the molecule is Cc1ccc(-c2ccccc2-c2ccccc2N(c2ccc3c(c2)SC2(C)CC=CC=C32)c2cccc3c2-c2ccccc2C32CC3CCC2C3)c(-c2ccccc2)c1. The maximum absolute atomic E-state index is 2.62. The highest BCUT2D eigenvalue weighted by Crippen LogP contribution is 2.67. The topological polar surface area (TPSA) is 3.24 Å². The Morgan fingerprint density at radius 2 is 1.29 bits per heavy atom. The van der Waals surface area contributed by atoms with Gasteiger partial charge in [-0.25, -0.2) is 0 Å². The molecule has 2 saturated carbocycles. The van der Waals surface area contributed by atoms with Crippen LogP contribution in [0.1, 0.15) is 61.3 Å². The third kappa shape index (κ3) is 5.25. The molecule has 1 heterocycles. The van der Waals surface area contributed by atoms with Crippen molar-refractivity contribution in [1.29, 1.82) is 0 Å². The van der Waals surface area contributed by atoms with Crippen molar-refractivity contribution in [1.82, 2.24) is 0 Å². The standard InChI is InChI=1S/C57H47NS/c1-37-26-30-44(48(33-37)39-15-4-3-5-16-39)42-17-6-7-18-43(42)45-19-9-11-24-52(45)58(41-29-31-46-49-21-12-13-32-56(49,2)59-54(46)35-41)53-25-14-23-51-55(53)47-20-8-10-22-50(47)57(51)36-38-27-28-40(57)34-38/h3-26,29-31,33,35,38,40H,27-28,32,34,36H2,1-2H3. The molecule has 7 aromatic rings. The first-order valence-electron chi connectivity index (χ1n) is 21.6. The van der Waals surface area contributed by atoms with Gasteiger partial charge in [-0.1, -0.05) is 164 Å². The molecule has 5 aliphatic rings. The molecule has 0 amide bonds. The van der Waals surface area contributed by atoms with Crippen molar-refractivity contribution >= 4 is 34.4 Å². The van der Waals surface area contributed by atoms with E-state index in [0.717, 1.165) is 12.3 Å². The lowest BCUT2D eigenvalue weighted by atomic mass is 9.67. The highest BCUT2D eigenvalue weighted by molar-refractivity contribution is 8.01. The molecular weight excluding hydrogens is 731 g/mol. The van der Waals surface area contributed by atoms with Crippen molar-refractivity contribution in [3.63, 3.8) is 0 Å². The molecule has 4 atom stereocenters. The summed E-state index contributed by atoms with van der Waals surface area (Å²) in [6.07, 6.45) is 13.3. The molecule has 0 radical (unpaired) electrons. The normalized spacial score (nSPS) is 22.8. The Balaban J connectivity index is 1.10. The van der Waals surface area contributed by atoms with Crippen LogP contribution < -0.4 is 4.90 Å². The van der Waals surface area contributed by atoms with Crippen LogP contribution >= 0.6 is 11.8 Å². The summed E-state index contributed by atoms with van der Waals surface area (Å²) in [5.74, 6) is 1.52. The minimum atomic E-state index is 0.0585. The number of benzene rings is 7. The molecule has 12 rings (SSSR count). The summed E-state index contributed by atoms with van der Waals surface area (Å²) in [5.41, 5.74) is 21.2. The van der Waals surface area contributed by atoms with Crippen molar-refractivity contribution < 1.29 is 0 Å². The average molecular weight is 778 g/mol. The Morgan fingerprint density at radius 3 is 2.10 bits per heavy atom. The molecule has 286 valence electrons. The zero-order chi connectivity index (χ0) is 39.3. The van der Waals surface area contributed by atoms with Crippen LogP contribution in [-0.4, -0.2) is 4.75 Å². The monoisotopic (exact) mass is 777 g/mol. The third-order valence-corrected chi connectivity index (χ3v) is 15.9. The summed E-state index contributed by atoms with van der Waals surface area (Å²) in [7, 11) is 0. The fourth-order valence-corrected chi connectivity index (χ4v) is 13.4. The van der Waals surface area contributed by atoms with Gasteiger partial charge in [0.05, 0.1) is 11.4 Å². The van der Waals surface area contributed by atoms with E-state index in [0.29, 0.717) is 5.92 Å². The summed E-state index contributed by atoms with van der Waals surface area (Å²) >= 11 is 2.04. The number of fused-ring (bicyclic) bond motifs is 11. The van der Waals surface area contributed by atoms with E-state index in [1.54, 1.807) is 11.1 Å². The van der Waals surface area contributed by atoms with E-state index in [1.165, 1.54) is 109 Å². The average Bonchev–Trinajstić information content (AvgIpc) is 4.04. The molecule has 1 spiro atoms. The van der Waals surface area contributed by atoms with Gasteiger partial charge in [-0.3, -0.25) is 0 Å². The molecule has 1 aliphatic heterocycles. The first-order valence-corrected chi connectivity index (χ1v) is 22.4. The van der Waals surface area contributed by atoms with Crippen molar-refractivity contribution in [2.45, 2.75) is 61.0 Å². The van der Waals surface area contributed by atoms with E-state index in [9.17, 15) is 0 Å². The molecule has 7 aromatic carbocycles. The molecule has 59 heavy (non-hydrogen) atoms. The van der Waals surface area contributed by atoms with E-state index in [-0.39, 0.29) is 10.2 Å². The number of hydrogen-bond acceptors (Lipinski definition) is 2. The minimum absolute atomic E-state index is 0.0585. The van der Waals surface area contributed by atoms with E-state index in [1.807, 2.05) is 11.8 Å². The number of nitrogens with zero attached hydrogens (tertiary/aromatic N) is 1. The quantitative estimate of drug-likeness (QED) is 0.165. The van der Waals surface area contributed by atoms with E-state index >= 15 is 0 Å². The molecule has 0 saturated heterocycles. The molecule has 4 aliphatic carbocycles. The van der Waals surface area contributed by atoms with Gasteiger partial charge in [-0.2, -0.15) is 0 Å². The molecular formula is C57H47NS. The fourth-order valence-electron chi connectivity index (χ4n) is 12.0. The second-order valence-electron chi connectivity index (χ2n) is 17.8. The highest BCUT2D eigenvalue weighted by Gasteiger charge is 2.57. The van der Waals surface area contributed by atoms with Gasteiger partial charge in [0.2, 0.25) is 0 Å². The molecule has 1 nitrogen and oxygen atoms in total. The smallest absolute Gasteiger partial charge is 0.0543 e. The lowest BCUT2D eigenvalue weighted by Crippen LogP contribution is -2.31. The van der Waals surface area contributed by atoms with Gasteiger partial charge >= 0.3 is 0 Å². The Labute approximate surface area is 353 Å². The third-order valence-electron chi connectivity index (χ3n) is 14.5. The molecule has 0 N–H and O–H groups in total. The van der Waals surface area contributed by atoms with Crippen LogP contribution in [0.3, 0.4) is 0 Å². The highest BCUT2D eigenvalue weighted by atomic mass is 32.2.